The molecule has 10 nitrogen and oxygen atoms in total. The first-order valence-electron chi connectivity index (χ1n) is 22.1. The van der Waals surface area contributed by atoms with Crippen molar-refractivity contribution < 1.29 is 34.0 Å². The first kappa shape index (κ1) is 43.2. The Morgan fingerprint density at radius 2 is 1.57 bits per heavy atom. The normalized spacial score (nSPS) is 15.5. The van der Waals surface area contributed by atoms with Crippen LogP contribution in [0.25, 0.3) is 17.2 Å². The van der Waals surface area contributed by atoms with Crippen LogP contribution in [0.3, 0.4) is 0 Å². The maximum atomic E-state index is 12.0. The molecule has 0 spiro atoms. The molecule has 5 aromatic carbocycles. The number of carbonyl (C=O) groups excluding carboxylic acids is 1. The number of fused-ring (bicyclic) bond motifs is 1. The Morgan fingerprint density at radius 1 is 0.841 bits per heavy atom. The van der Waals surface area contributed by atoms with E-state index in [1.165, 1.54) is 0 Å². The van der Waals surface area contributed by atoms with E-state index in [0.717, 1.165) is 83.1 Å². The van der Waals surface area contributed by atoms with Crippen LogP contribution < -0.4 is 34.1 Å². The molecule has 1 aromatic heterocycles. The van der Waals surface area contributed by atoms with E-state index in [-0.39, 0.29) is 31.0 Å². The molecule has 2 aliphatic rings. The summed E-state index contributed by atoms with van der Waals surface area (Å²) in [5.41, 5.74) is 8.54. The molecule has 63 heavy (non-hydrogen) atoms. The van der Waals surface area contributed by atoms with E-state index < -0.39 is 12.2 Å². The third-order valence-corrected chi connectivity index (χ3v) is 11.7. The number of aromatic hydroxyl groups is 1. The molecule has 2 atom stereocenters. The summed E-state index contributed by atoms with van der Waals surface area (Å²) in [7, 11) is 1.58. The van der Waals surface area contributed by atoms with E-state index in [4.69, 9.17) is 23.9 Å². The Morgan fingerprint density at radius 3 is 2.32 bits per heavy atom. The quantitative estimate of drug-likeness (QED) is 0.0729. The number of nitrogens with zero attached hydrogens (tertiary/aromatic N) is 2. The van der Waals surface area contributed by atoms with Crippen LogP contribution in [0.15, 0.2) is 121 Å². The van der Waals surface area contributed by atoms with E-state index in [2.05, 4.69) is 59.6 Å². The van der Waals surface area contributed by atoms with Crippen molar-refractivity contribution in [1.29, 1.82) is 0 Å². The molecule has 8 rings (SSSR count). The number of methoxy groups -OCH3 is 1. The van der Waals surface area contributed by atoms with Crippen LogP contribution in [0, 0.1) is 0 Å². The molecule has 326 valence electrons. The molecule has 4 N–H and O–H groups in total. The van der Waals surface area contributed by atoms with Gasteiger partial charge in [0.2, 0.25) is 5.75 Å². The summed E-state index contributed by atoms with van der Waals surface area (Å²) in [6.07, 6.45) is 5.39. The Bertz CT molecular complexity index is 2480. The predicted molar refractivity (Wildman–Crippen MR) is 249 cm³/mol. The number of phenolic OH excluding ortho intramolecular Hbond substituents is 1. The van der Waals surface area contributed by atoms with Gasteiger partial charge in [-0.25, -0.2) is 0 Å². The van der Waals surface area contributed by atoms with E-state index in [0.29, 0.717) is 54.4 Å². The second kappa shape index (κ2) is 20.6. The van der Waals surface area contributed by atoms with Crippen molar-refractivity contribution in [1.82, 2.24) is 10.3 Å². The number of benzene rings is 5. The van der Waals surface area contributed by atoms with Crippen LogP contribution in [0.1, 0.15) is 64.9 Å². The highest BCUT2D eigenvalue weighted by molar-refractivity contribution is 6.05. The van der Waals surface area contributed by atoms with Gasteiger partial charge in [-0.1, -0.05) is 134 Å². The maximum absolute atomic E-state index is 12.0. The molecule has 1 saturated heterocycles. The van der Waals surface area contributed by atoms with Gasteiger partial charge in [-0.2, -0.15) is 0 Å². The number of aromatic nitrogens is 1. The molecule has 3 heterocycles. The summed E-state index contributed by atoms with van der Waals surface area (Å²) in [6, 6.07) is 37.7. The summed E-state index contributed by atoms with van der Waals surface area (Å²) >= 11 is 0. The standard InChI is InChI=1S/C53H56N3O7/c1-3-41-34-45(53(55-41)56-29-27-54-28-30-56)40-16-10-15-38(33-40)18-24-44-49-48(46(59)35-47(63-49)39-19-22-42(57)23-20-39)51(62-32-26-43(58)21-17-36-11-6-4-7-12-36)52(60-2)50(44)61-31-25-37-13-8-5-9-14-37/h4-17,19-23,33-34,43,47,54,57-58H,3,18,24-32,35H2,1-2H3/q-1/p+1. The fourth-order valence-electron chi connectivity index (χ4n) is 8.36. The number of hydrogen-bond donors (Lipinski definition) is 3. The number of ketones is 1. The molecule has 10 heteroatoms. The van der Waals surface area contributed by atoms with Crippen molar-refractivity contribution in [2.24, 2.45) is 0 Å². The number of ether oxygens (including phenoxy) is 4. The molecule has 0 aliphatic carbocycles. The monoisotopic (exact) mass is 847 g/mol. The first-order valence-corrected chi connectivity index (χ1v) is 22.1. The summed E-state index contributed by atoms with van der Waals surface area (Å²) in [5, 5.41) is 24.5. The summed E-state index contributed by atoms with van der Waals surface area (Å²) in [4.78, 5) is 19.5. The molecule has 0 saturated carbocycles. The molecule has 6 aromatic rings. The number of hydrogen-bond acceptors (Lipinski definition) is 8. The summed E-state index contributed by atoms with van der Waals surface area (Å²) in [5.74, 6) is 2.85. The zero-order valence-corrected chi connectivity index (χ0v) is 36.1. The Labute approximate surface area is 370 Å². The highest BCUT2D eigenvalue weighted by atomic mass is 16.5. The van der Waals surface area contributed by atoms with Crippen molar-refractivity contribution in [3.8, 4) is 39.9 Å². The van der Waals surface area contributed by atoms with Crippen LogP contribution in [0.5, 0.6) is 28.7 Å². The van der Waals surface area contributed by atoms with Gasteiger partial charge in [0.05, 0.1) is 26.4 Å². The van der Waals surface area contributed by atoms with Crippen LogP contribution >= 0.6 is 0 Å². The van der Waals surface area contributed by atoms with Gasteiger partial charge in [0, 0.05) is 18.4 Å². The van der Waals surface area contributed by atoms with Gasteiger partial charge >= 0.3 is 5.78 Å². The van der Waals surface area contributed by atoms with Gasteiger partial charge in [0.1, 0.15) is 24.0 Å². The van der Waals surface area contributed by atoms with Gasteiger partial charge in [-0.3, -0.25) is 4.79 Å². The molecule has 2 aliphatic heterocycles. The number of rotatable bonds is 18. The van der Waals surface area contributed by atoms with Gasteiger partial charge in [-0.15, -0.1) is 0 Å². The Balaban J connectivity index is 1.16. The van der Waals surface area contributed by atoms with Gasteiger partial charge < -0.3 is 44.4 Å². The fourth-order valence-corrected chi connectivity index (χ4v) is 8.36. The number of nitrogens with one attached hydrogen (secondary N) is 1. The minimum absolute atomic E-state index is 0.0853. The van der Waals surface area contributed by atoms with E-state index in [1.54, 1.807) is 25.3 Å². The SMILES string of the molecule is CCc1cc(-c2cccc(CCc3c(OCCc4ccccc4)c(OC)c(OCCC(O)C=Cc4ccccc4)c4c3OC(c3ccc(O)cc3)CC4=[OH+])c2)c(N2CCNCC2)[n-]1. The molecule has 1 fully saturated rings. The smallest absolute Gasteiger partial charge is 0.335 e. The molecule has 0 radical (unpaired) electrons. The van der Waals surface area contributed by atoms with Gasteiger partial charge in [-0.05, 0) is 91.0 Å². The molecule has 2 unspecified atom stereocenters. The third-order valence-electron chi connectivity index (χ3n) is 11.7. The summed E-state index contributed by atoms with van der Waals surface area (Å²) < 4.78 is 26.4. The van der Waals surface area contributed by atoms with Crippen LogP contribution in [-0.2, 0) is 25.7 Å². The molecular formula is C53H57N3O7. The second-order valence-corrected chi connectivity index (χ2v) is 16.1. The lowest BCUT2D eigenvalue weighted by molar-refractivity contribution is 0.171. The van der Waals surface area contributed by atoms with Crippen molar-refractivity contribution in [3.63, 3.8) is 0 Å². The highest BCUT2D eigenvalue weighted by Gasteiger charge is 2.41. The lowest BCUT2D eigenvalue weighted by Crippen LogP contribution is -2.44. The molecule has 0 bridgehead atoms. The number of aliphatic hydroxyl groups excluding tert-OH is 1. The largest absolute Gasteiger partial charge is 0.508 e. The number of anilines is 1. The number of aliphatic hydroxyl groups is 1. The van der Waals surface area contributed by atoms with Crippen molar-refractivity contribution in [3.05, 3.63) is 160 Å². The number of aryl methyl sites for hydroxylation is 2. The number of phenols is 1. The van der Waals surface area contributed by atoms with E-state index in [9.17, 15) is 15.0 Å². The van der Waals surface area contributed by atoms with E-state index >= 15 is 0 Å². The Kier molecular flexibility index (Phi) is 14.1. The lowest BCUT2D eigenvalue weighted by atomic mass is 9.90. The van der Waals surface area contributed by atoms with Gasteiger partial charge in [0.15, 0.2) is 17.1 Å². The second-order valence-electron chi connectivity index (χ2n) is 16.1. The average molecular weight is 848 g/mol. The number of piperazine rings is 1. The van der Waals surface area contributed by atoms with Crippen LogP contribution in [0.2, 0.25) is 0 Å². The van der Waals surface area contributed by atoms with Crippen LogP contribution in [0.4, 0.5) is 5.82 Å². The van der Waals surface area contributed by atoms with Crippen LogP contribution in [-0.4, -0.2) is 73.4 Å². The van der Waals surface area contributed by atoms with Gasteiger partial charge in [0.25, 0.3) is 0 Å². The average Bonchev–Trinajstić information content (AvgIpc) is 3.77. The predicted octanol–water partition coefficient (Wildman–Crippen LogP) is 8.66. The topological polar surface area (TPSA) is 128 Å². The molecule has 0 amide bonds. The minimum atomic E-state index is -0.776. The maximum Gasteiger partial charge on any atom is 0.335 e. The first-order chi connectivity index (χ1) is 30.9. The Hall–Kier alpha value is -6.49. The highest BCUT2D eigenvalue weighted by Crippen LogP contribution is 2.53. The summed E-state index contributed by atoms with van der Waals surface area (Å²) in [6.45, 7) is 6.29. The fraction of sp³-hybridized carbons (Fsp3) is 0.302. The zero-order chi connectivity index (χ0) is 43.5. The zero-order valence-electron chi connectivity index (χ0n) is 36.1. The van der Waals surface area contributed by atoms with E-state index in [1.807, 2.05) is 66.7 Å². The molecular weight excluding hydrogens is 791 g/mol. The minimum Gasteiger partial charge on any atom is -0.508 e. The van der Waals surface area contributed by atoms with Crippen molar-refractivity contribution in [2.75, 3.05) is 51.4 Å². The third kappa shape index (κ3) is 10.4. The van der Waals surface area contributed by atoms with Crippen molar-refractivity contribution in [2.45, 2.75) is 57.7 Å². The van der Waals surface area contributed by atoms with Crippen molar-refractivity contribution >= 4 is 17.7 Å². The lowest BCUT2D eigenvalue weighted by Gasteiger charge is -2.37.